The smallest absolute Gasteiger partial charge is 0.378 e. The van der Waals surface area contributed by atoms with Crippen LogP contribution in [0.4, 0.5) is 18.0 Å². The summed E-state index contributed by atoms with van der Waals surface area (Å²) in [5.41, 5.74) is 1.47. The molecular formula is C21H28F3N3O4. The van der Waals surface area contributed by atoms with Gasteiger partial charge in [-0.3, -0.25) is 4.79 Å². The zero-order valence-electron chi connectivity index (χ0n) is 17.3. The fourth-order valence-electron chi connectivity index (χ4n) is 3.70. The molecule has 31 heavy (non-hydrogen) atoms. The Balaban J connectivity index is 1.37. The van der Waals surface area contributed by atoms with Crippen LogP contribution in [0.2, 0.25) is 0 Å². The Kier molecular flexibility index (Phi) is 8.14. The standard InChI is InChI=1S/C21H28F3N3O4/c22-21(23,24)15-31-14-17-3-1-16(2-4-17)13-25-20(29)27-7-5-18(6-8-27)19(28)26-9-11-30-12-10-26/h1-4,18H,5-15H2,(H,25,29). The van der Waals surface area contributed by atoms with Gasteiger partial charge in [0.05, 0.1) is 19.8 Å². The zero-order valence-corrected chi connectivity index (χ0v) is 17.3. The lowest BCUT2D eigenvalue weighted by Crippen LogP contribution is -2.49. The van der Waals surface area contributed by atoms with E-state index in [4.69, 9.17) is 4.74 Å². The van der Waals surface area contributed by atoms with Crippen molar-refractivity contribution in [1.29, 1.82) is 0 Å². The number of nitrogens with zero attached hydrogens (tertiary/aromatic N) is 2. The Morgan fingerprint density at radius 1 is 1.00 bits per heavy atom. The first-order valence-corrected chi connectivity index (χ1v) is 10.4. The number of urea groups is 1. The van der Waals surface area contributed by atoms with Crippen LogP contribution in [0.3, 0.4) is 0 Å². The summed E-state index contributed by atoms with van der Waals surface area (Å²) >= 11 is 0. The Bertz CT molecular complexity index is 728. The number of hydrogen-bond donors (Lipinski definition) is 1. The van der Waals surface area contributed by atoms with Crippen LogP contribution in [-0.2, 0) is 27.4 Å². The Morgan fingerprint density at radius 3 is 2.23 bits per heavy atom. The number of carbonyl (C=O) groups is 2. The minimum atomic E-state index is -4.34. The molecule has 2 heterocycles. The summed E-state index contributed by atoms with van der Waals surface area (Å²) in [4.78, 5) is 28.6. The molecule has 3 rings (SSSR count). The summed E-state index contributed by atoms with van der Waals surface area (Å²) in [6.45, 7) is 2.39. The van der Waals surface area contributed by atoms with Crippen LogP contribution >= 0.6 is 0 Å². The Labute approximate surface area is 179 Å². The summed E-state index contributed by atoms with van der Waals surface area (Å²) in [7, 11) is 0. The number of carbonyl (C=O) groups excluding carboxylic acids is 2. The normalized spacial score (nSPS) is 18.2. The van der Waals surface area contributed by atoms with Gasteiger partial charge < -0.3 is 24.6 Å². The summed E-state index contributed by atoms with van der Waals surface area (Å²) in [5, 5.41) is 2.85. The van der Waals surface area contributed by atoms with Crippen LogP contribution < -0.4 is 5.32 Å². The first-order chi connectivity index (χ1) is 14.8. The molecule has 1 aromatic carbocycles. The molecule has 1 aromatic rings. The van der Waals surface area contributed by atoms with E-state index >= 15 is 0 Å². The van der Waals surface area contributed by atoms with E-state index in [1.165, 1.54) is 0 Å². The average Bonchev–Trinajstić information content (AvgIpc) is 2.78. The maximum atomic E-state index is 12.6. The van der Waals surface area contributed by atoms with Gasteiger partial charge >= 0.3 is 12.2 Å². The van der Waals surface area contributed by atoms with E-state index < -0.39 is 12.8 Å². The number of morpholine rings is 1. The number of piperidine rings is 1. The first kappa shape index (κ1) is 23.3. The minimum absolute atomic E-state index is 0.0470. The van der Waals surface area contributed by atoms with Crippen LogP contribution in [0, 0.1) is 5.92 Å². The monoisotopic (exact) mass is 443 g/mol. The highest BCUT2D eigenvalue weighted by Crippen LogP contribution is 2.20. The predicted octanol–water partition coefficient (Wildman–Crippen LogP) is 2.55. The van der Waals surface area contributed by atoms with Crippen molar-refractivity contribution in [2.45, 2.75) is 32.2 Å². The number of rotatable bonds is 6. The van der Waals surface area contributed by atoms with Crippen molar-refractivity contribution in [2.75, 3.05) is 46.0 Å². The van der Waals surface area contributed by atoms with Gasteiger partial charge in [-0.25, -0.2) is 4.79 Å². The van der Waals surface area contributed by atoms with E-state index in [1.807, 2.05) is 4.90 Å². The largest absolute Gasteiger partial charge is 0.411 e. The molecule has 2 aliphatic heterocycles. The lowest BCUT2D eigenvalue weighted by atomic mass is 9.95. The molecule has 0 radical (unpaired) electrons. The van der Waals surface area contributed by atoms with Crippen molar-refractivity contribution in [3.63, 3.8) is 0 Å². The minimum Gasteiger partial charge on any atom is -0.378 e. The van der Waals surface area contributed by atoms with Gasteiger partial charge in [-0.1, -0.05) is 24.3 Å². The lowest BCUT2D eigenvalue weighted by molar-refractivity contribution is -0.176. The van der Waals surface area contributed by atoms with Gasteiger partial charge in [0.25, 0.3) is 0 Å². The SMILES string of the molecule is O=C(NCc1ccc(COCC(F)(F)F)cc1)N1CCC(C(=O)N2CCOCC2)CC1. The van der Waals surface area contributed by atoms with Gasteiger partial charge in [0, 0.05) is 38.6 Å². The van der Waals surface area contributed by atoms with E-state index in [-0.39, 0.29) is 24.5 Å². The predicted molar refractivity (Wildman–Crippen MR) is 106 cm³/mol. The number of halogens is 3. The molecule has 0 spiro atoms. The van der Waals surface area contributed by atoms with Gasteiger partial charge in [0.2, 0.25) is 5.91 Å². The molecule has 0 unspecified atom stereocenters. The highest BCUT2D eigenvalue weighted by molar-refractivity contribution is 5.80. The quantitative estimate of drug-likeness (QED) is 0.734. The molecule has 3 amide bonds. The summed E-state index contributed by atoms with van der Waals surface area (Å²) in [5.74, 6) is 0.108. The third kappa shape index (κ3) is 7.39. The van der Waals surface area contributed by atoms with E-state index in [0.29, 0.717) is 64.3 Å². The second-order valence-corrected chi connectivity index (χ2v) is 7.78. The number of ether oxygens (including phenoxy) is 2. The summed E-state index contributed by atoms with van der Waals surface area (Å²) in [6, 6.07) is 6.68. The zero-order chi connectivity index (χ0) is 22.3. The topological polar surface area (TPSA) is 71.1 Å². The molecule has 10 heteroatoms. The van der Waals surface area contributed by atoms with Gasteiger partial charge in [0.15, 0.2) is 0 Å². The third-order valence-corrected chi connectivity index (χ3v) is 5.46. The van der Waals surface area contributed by atoms with Crippen molar-refractivity contribution in [2.24, 2.45) is 5.92 Å². The van der Waals surface area contributed by atoms with Gasteiger partial charge in [-0.15, -0.1) is 0 Å². The number of benzene rings is 1. The fourth-order valence-corrected chi connectivity index (χ4v) is 3.70. The molecule has 0 bridgehead atoms. The fraction of sp³-hybridized carbons (Fsp3) is 0.619. The molecule has 0 aliphatic carbocycles. The molecule has 2 fully saturated rings. The van der Waals surface area contributed by atoms with Crippen molar-refractivity contribution >= 4 is 11.9 Å². The van der Waals surface area contributed by atoms with E-state index in [1.54, 1.807) is 29.2 Å². The van der Waals surface area contributed by atoms with Gasteiger partial charge in [-0.05, 0) is 24.0 Å². The Hall–Kier alpha value is -2.33. The number of amides is 3. The highest BCUT2D eigenvalue weighted by atomic mass is 19.4. The molecule has 0 saturated carbocycles. The summed E-state index contributed by atoms with van der Waals surface area (Å²) in [6.07, 6.45) is -3.04. The molecule has 0 aromatic heterocycles. The second kappa shape index (κ2) is 10.8. The van der Waals surface area contributed by atoms with Crippen LogP contribution in [0.25, 0.3) is 0 Å². The number of likely N-dealkylation sites (tertiary alicyclic amines) is 1. The van der Waals surface area contributed by atoms with Crippen molar-refractivity contribution in [1.82, 2.24) is 15.1 Å². The van der Waals surface area contributed by atoms with Crippen LogP contribution in [0.1, 0.15) is 24.0 Å². The van der Waals surface area contributed by atoms with E-state index in [0.717, 1.165) is 5.56 Å². The molecule has 7 nitrogen and oxygen atoms in total. The average molecular weight is 443 g/mol. The van der Waals surface area contributed by atoms with Gasteiger partial charge in [0.1, 0.15) is 6.61 Å². The van der Waals surface area contributed by atoms with Crippen LogP contribution in [0.5, 0.6) is 0 Å². The first-order valence-electron chi connectivity index (χ1n) is 10.4. The maximum absolute atomic E-state index is 12.6. The van der Waals surface area contributed by atoms with Crippen LogP contribution in [0.15, 0.2) is 24.3 Å². The molecule has 0 atom stereocenters. The molecule has 2 saturated heterocycles. The third-order valence-electron chi connectivity index (χ3n) is 5.46. The second-order valence-electron chi connectivity index (χ2n) is 7.78. The van der Waals surface area contributed by atoms with E-state index in [9.17, 15) is 22.8 Å². The molecular weight excluding hydrogens is 415 g/mol. The lowest BCUT2D eigenvalue weighted by Gasteiger charge is -2.35. The van der Waals surface area contributed by atoms with Crippen molar-refractivity contribution < 1.29 is 32.2 Å². The number of alkyl halides is 3. The number of hydrogen-bond acceptors (Lipinski definition) is 4. The number of nitrogens with one attached hydrogen (secondary N) is 1. The van der Waals surface area contributed by atoms with Crippen LogP contribution in [-0.4, -0.2) is 73.9 Å². The molecule has 1 N–H and O–H groups in total. The van der Waals surface area contributed by atoms with Crippen molar-refractivity contribution in [3.8, 4) is 0 Å². The highest BCUT2D eigenvalue weighted by Gasteiger charge is 2.31. The summed E-state index contributed by atoms with van der Waals surface area (Å²) < 4.78 is 46.2. The maximum Gasteiger partial charge on any atom is 0.411 e. The van der Waals surface area contributed by atoms with Gasteiger partial charge in [-0.2, -0.15) is 13.2 Å². The van der Waals surface area contributed by atoms with E-state index in [2.05, 4.69) is 10.1 Å². The molecule has 2 aliphatic rings. The van der Waals surface area contributed by atoms with Crippen molar-refractivity contribution in [3.05, 3.63) is 35.4 Å². The molecule has 172 valence electrons. The Morgan fingerprint density at radius 2 is 1.61 bits per heavy atom.